The molecule has 0 atom stereocenters. The van der Waals surface area contributed by atoms with Crippen LogP contribution in [-0.2, 0) is 16.5 Å². The van der Waals surface area contributed by atoms with E-state index in [0.717, 1.165) is 26.2 Å². The molecule has 0 aliphatic carbocycles. The van der Waals surface area contributed by atoms with Crippen molar-refractivity contribution in [3.8, 4) is 0 Å². The molecule has 0 saturated heterocycles. The van der Waals surface area contributed by atoms with Gasteiger partial charge in [-0.1, -0.05) is 0 Å². The van der Waals surface area contributed by atoms with Gasteiger partial charge in [-0.2, -0.15) is 0 Å². The predicted molar refractivity (Wildman–Crippen MR) is 76.3 cm³/mol. The first-order valence-electron chi connectivity index (χ1n) is 5.40. The van der Waals surface area contributed by atoms with Crippen molar-refractivity contribution in [3.05, 3.63) is 0 Å². The van der Waals surface area contributed by atoms with Crippen LogP contribution >= 0.6 is 24.4 Å². The summed E-state index contributed by atoms with van der Waals surface area (Å²) < 4.78 is 0. The first-order chi connectivity index (χ1) is 7.44. The van der Waals surface area contributed by atoms with Crippen LogP contribution in [-0.4, -0.2) is 56.5 Å². The second kappa shape index (κ2) is 13.9. The predicted octanol–water partition coefficient (Wildman–Crippen LogP) is 2.34. The van der Waals surface area contributed by atoms with E-state index in [4.69, 9.17) is 10.2 Å². The molecule has 17 heavy (non-hydrogen) atoms. The number of rotatable bonds is 4. The Morgan fingerprint density at radius 2 is 0.941 bits per heavy atom. The molecular formula is C10H22N2NiO2S2. The first-order valence-corrected chi connectivity index (χ1v) is 6.21. The fraction of sp³-hybridized carbons (Fsp3) is 0.800. The summed E-state index contributed by atoms with van der Waals surface area (Å²) in [5.41, 5.74) is 0. The van der Waals surface area contributed by atoms with E-state index in [-0.39, 0.29) is 26.8 Å². The Labute approximate surface area is 125 Å². The number of aliphatic hydroxyl groups is 2. The number of hydrogen-bond donors (Lipinski definition) is 2. The normalized spacial score (nSPS) is 8.24. The standard InChI is InChI=1S/2C5H11NOS.Ni/c2*1-3-6(4-2)5(7)8;/h2*3-4H2,1-2H3,(H,7,8);. The molecule has 4 nitrogen and oxygen atoms in total. The number of hydrogen-bond acceptors (Lipinski definition) is 2. The van der Waals surface area contributed by atoms with Crippen molar-refractivity contribution >= 4 is 34.8 Å². The summed E-state index contributed by atoms with van der Waals surface area (Å²) in [5, 5.41) is 17.3. The summed E-state index contributed by atoms with van der Waals surface area (Å²) in [6, 6.07) is 0. The zero-order chi connectivity index (χ0) is 13.1. The van der Waals surface area contributed by atoms with E-state index in [2.05, 4.69) is 24.4 Å². The third-order valence-corrected chi connectivity index (χ3v) is 2.58. The first kappa shape index (κ1) is 22.1. The molecule has 0 unspecified atom stereocenters. The van der Waals surface area contributed by atoms with Crippen molar-refractivity contribution in [2.75, 3.05) is 26.2 Å². The van der Waals surface area contributed by atoms with E-state index < -0.39 is 0 Å². The minimum absolute atomic E-state index is 0. The van der Waals surface area contributed by atoms with Crippen LogP contribution in [0.4, 0.5) is 0 Å². The molecule has 0 amide bonds. The van der Waals surface area contributed by atoms with Crippen molar-refractivity contribution in [1.82, 2.24) is 9.80 Å². The van der Waals surface area contributed by atoms with Gasteiger partial charge in [0.2, 0.25) is 0 Å². The molecule has 0 aromatic rings. The Balaban J connectivity index is -0.000000218. The van der Waals surface area contributed by atoms with E-state index in [0.29, 0.717) is 0 Å². The zero-order valence-corrected chi connectivity index (χ0v) is 13.4. The maximum atomic E-state index is 8.67. The Kier molecular flexibility index (Phi) is 18.1. The van der Waals surface area contributed by atoms with Gasteiger partial charge in [0, 0.05) is 42.7 Å². The Morgan fingerprint density at radius 3 is 0.941 bits per heavy atom. The molecule has 0 fully saturated rings. The quantitative estimate of drug-likeness (QED) is 0.611. The van der Waals surface area contributed by atoms with Crippen molar-refractivity contribution in [3.63, 3.8) is 0 Å². The molecule has 106 valence electrons. The van der Waals surface area contributed by atoms with E-state index in [1.165, 1.54) is 0 Å². The topological polar surface area (TPSA) is 46.9 Å². The largest absolute Gasteiger partial charge is 0.487 e. The Morgan fingerprint density at radius 1 is 0.765 bits per heavy atom. The maximum Gasteiger partial charge on any atom is 0.256 e. The number of nitrogens with zero attached hydrogens (tertiary/aromatic N) is 2. The average molecular weight is 325 g/mol. The molecule has 0 aliphatic rings. The van der Waals surface area contributed by atoms with E-state index in [1.54, 1.807) is 9.80 Å². The van der Waals surface area contributed by atoms with Gasteiger partial charge in [0.25, 0.3) is 10.3 Å². The van der Waals surface area contributed by atoms with Crippen LogP contribution in [0.1, 0.15) is 27.7 Å². The molecular weight excluding hydrogens is 303 g/mol. The second-order valence-corrected chi connectivity index (χ2v) is 3.64. The van der Waals surface area contributed by atoms with Gasteiger partial charge < -0.3 is 20.0 Å². The maximum absolute atomic E-state index is 8.67. The summed E-state index contributed by atoms with van der Waals surface area (Å²) >= 11 is 8.99. The molecule has 0 heterocycles. The molecule has 0 aromatic carbocycles. The summed E-state index contributed by atoms with van der Waals surface area (Å²) in [7, 11) is 0. The van der Waals surface area contributed by atoms with E-state index >= 15 is 0 Å². The number of aliphatic hydroxyl groups excluding tert-OH is 2. The van der Waals surface area contributed by atoms with Gasteiger partial charge >= 0.3 is 0 Å². The van der Waals surface area contributed by atoms with Gasteiger partial charge in [-0.15, -0.1) is 0 Å². The summed E-state index contributed by atoms with van der Waals surface area (Å²) in [6.07, 6.45) is 0. The Hall–Kier alpha value is -0.126. The summed E-state index contributed by atoms with van der Waals surface area (Å²) in [6.45, 7) is 10.9. The van der Waals surface area contributed by atoms with Gasteiger partial charge in [-0.3, -0.25) is 0 Å². The van der Waals surface area contributed by atoms with Crippen LogP contribution in [0, 0.1) is 0 Å². The summed E-state index contributed by atoms with van der Waals surface area (Å²) in [4.78, 5) is 3.41. The summed E-state index contributed by atoms with van der Waals surface area (Å²) in [5.74, 6) is 0. The molecule has 0 spiro atoms. The minimum Gasteiger partial charge on any atom is -0.487 e. The number of thiocarbonyl (C=S) groups is 2. The fourth-order valence-corrected chi connectivity index (χ4v) is 1.50. The smallest absolute Gasteiger partial charge is 0.256 e. The van der Waals surface area contributed by atoms with Crippen LogP contribution in [0.25, 0.3) is 0 Å². The van der Waals surface area contributed by atoms with Crippen molar-refractivity contribution < 1.29 is 26.7 Å². The van der Waals surface area contributed by atoms with Crippen LogP contribution in [0.3, 0.4) is 0 Å². The van der Waals surface area contributed by atoms with Crippen LogP contribution in [0.15, 0.2) is 0 Å². The van der Waals surface area contributed by atoms with Crippen molar-refractivity contribution in [2.24, 2.45) is 0 Å². The molecule has 0 bridgehead atoms. The molecule has 0 rings (SSSR count). The second-order valence-electron chi connectivity index (χ2n) is 2.91. The molecule has 0 aromatic heterocycles. The molecule has 0 saturated carbocycles. The Bertz CT molecular complexity index is 188. The van der Waals surface area contributed by atoms with Crippen LogP contribution in [0.2, 0.25) is 0 Å². The van der Waals surface area contributed by atoms with Crippen molar-refractivity contribution in [2.45, 2.75) is 27.7 Å². The SMILES string of the molecule is CCN(CC)C(O)=S.CCN(CC)C(O)=S.[Ni]. The van der Waals surface area contributed by atoms with Gasteiger partial charge in [0.05, 0.1) is 0 Å². The van der Waals surface area contributed by atoms with E-state index in [9.17, 15) is 0 Å². The third-order valence-electron chi connectivity index (χ3n) is 2.07. The van der Waals surface area contributed by atoms with Gasteiger partial charge in [0.15, 0.2) is 0 Å². The van der Waals surface area contributed by atoms with Crippen LogP contribution in [0.5, 0.6) is 0 Å². The third kappa shape index (κ3) is 12.1. The van der Waals surface area contributed by atoms with Gasteiger partial charge in [-0.05, 0) is 52.1 Å². The molecule has 2 N–H and O–H groups in total. The molecule has 0 aliphatic heterocycles. The minimum atomic E-state index is -0.00463. The molecule has 0 radical (unpaired) electrons. The zero-order valence-electron chi connectivity index (χ0n) is 10.8. The van der Waals surface area contributed by atoms with Gasteiger partial charge in [-0.25, -0.2) is 0 Å². The monoisotopic (exact) mass is 324 g/mol. The fourth-order valence-electron chi connectivity index (χ4n) is 0.988. The van der Waals surface area contributed by atoms with E-state index in [1.807, 2.05) is 27.7 Å². The van der Waals surface area contributed by atoms with Crippen molar-refractivity contribution in [1.29, 1.82) is 0 Å². The average Bonchev–Trinajstić information content (AvgIpc) is 2.21. The van der Waals surface area contributed by atoms with Crippen LogP contribution < -0.4 is 0 Å². The molecule has 7 heteroatoms. The van der Waals surface area contributed by atoms with Gasteiger partial charge in [0.1, 0.15) is 0 Å².